The summed E-state index contributed by atoms with van der Waals surface area (Å²) >= 11 is 5.73. The zero-order valence-corrected chi connectivity index (χ0v) is 10.3. The predicted octanol–water partition coefficient (Wildman–Crippen LogP) is 0.596. The van der Waals surface area contributed by atoms with Crippen molar-refractivity contribution < 1.29 is 9.53 Å². The molecule has 0 radical (unpaired) electrons. The fourth-order valence-electron chi connectivity index (χ4n) is 1.72. The summed E-state index contributed by atoms with van der Waals surface area (Å²) in [5.74, 6) is -1.21. The second-order valence-electron chi connectivity index (χ2n) is 3.77. The van der Waals surface area contributed by atoms with Gasteiger partial charge in [0.05, 0.1) is 25.0 Å². The Morgan fingerprint density at radius 2 is 2.22 bits per heavy atom. The van der Waals surface area contributed by atoms with Crippen LogP contribution >= 0.6 is 11.6 Å². The van der Waals surface area contributed by atoms with Crippen LogP contribution in [0.2, 0.25) is 5.15 Å². The molecule has 1 fully saturated rings. The first kappa shape index (κ1) is 12.7. The number of aromatic nitrogens is 2. The molecule has 1 aliphatic rings. The van der Waals surface area contributed by atoms with E-state index in [1.54, 1.807) is 4.90 Å². The van der Waals surface area contributed by atoms with E-state index in [-0.39, 0.29) is 11.1 Å². The number of nitriles is 1. The van der Waals surface area contributed by atoms with Crippen LogP contribution in [0.4, 0.5) is 0 Å². The Kier molecular flexibility index (Phi) is 4.07. The van der Waals surface area contributed by atoms with Crippen LogP contribution in [0.25, 0.3) is 0 Å². The lowest BCUT2D eigenvalue weighted by Crippen LogP contribution is -2.43. The number of amides is 1. The molecule has 0 bridgehead atoms. The van der Waals surface area contributed by atoms with E-state index in [1.807, 2.05) is 6.07 Å². The Morgan fingerprint density at radius 1 is 1.50 bits per heavy atom. The third-order valence-corrected chi connectivity index (χ3v) is 2.86. The van der Waals surface area contributed by atoms with E-state index in [0.717, 1.165) is 0 Å². The van der Waals surface area contributed by atoms with Crippen molar-refractivity contribution in [1.82, 2.24) is 14.9 Å². The number of nitrogens with zero attached hydrogens (tertiary/aromatic N) is 4. The molecule has 1 atom stereocenters. The second-order valence-corrected chi connectivity index (χ2v) is 4.15. The van der Waals surface area contributed by atoms with Gasteiger partial charge in [0, 0.05) is 13.1 Å². The molecule has 1 amide bonds. The van der Waals surface area contributed by atoms with Crippen LogP contribution < -0.4 is 0 Å². The van der Waals surface area contributed by atoms with Gasteiger partial charge in [0.1, 0.15) is 11.5 Å². The van der Waals surface area contributed by atoms with Gasteiger partial charge in [-0.25, -0.2) is 9.97 Å². The minimum atomic E-state index is -0.941. The number of hydrogen-bond donors (Lipinski definition) is 0. The van der Waals surface area contributed by atoms with E-state index in [4.69, 9.17) is 21.6 Å². The van der Waals surface area contributed by atoms with Crippen LogP contribution in [0.5, 0.6) is 0 Å². The highest BCUT2D eigenvalue weighted by atomic mass is 35.5. The summed E-state index contributed by atoms with van der Waals surface area (Å²) in [6.07, 6.45) is 1.24. The zero-order chi connectivity index (χ0) is 13.0. The van der Waals surface area contributed by atoms with Crippen molar-refractivity contribution in [1.29, 1.82) is 5.26 Å². The average Bonchev–Trinajstić information content (AvgIpc) is 2.40. The number of carbonyl (C=O) groups excluding carboxylic acids is 1. The van der Waals surface area contributed by atoms with E-state index in [0.29, 0.717) is 32.0 Å². The standard InChI is InChI=1S/C11H11ClN4O2/c12-10-5-9(14-7-15-10)8(6-13)11(17)16-1-3-18-4-2-16/h5,7-8H,1-4H2. The van der Waals surface area contributed by atoms with E-state index in [2.05, 4.69) is 9.97 Å². The van der Waals surface area contributed by atoms with Crippen LogP contribution in [0, 0.1) is 11.3 Å². The summed E-state index contributed by atoms with van der Waals surface area (Å²) in [6, 6.07) is 3.40. The summed E-state index contributed by atoms with van der Waals surface area (Å²) in [7, 11) is 0. The van der Waals surface area contributed by atoms with Crippen LogP contribution in [0.15, 0.2) is 12.4 Å². The molecule has 0 saturated carbocycles. The lowest BCUT2D eigenvalue weighted by atomic mass is 10.1. The Morgan fingerprint density at radius 3 is 2.83 bits per heavy atom. The molecule has 0 aromatic carbocycles. The number of halogens is 1. The Balaban J connectivity index is 2.18. The Bertz CT molecular complexity index is 482. The molecule has 0 aliphatic carbocycles. The van der Waals surface area contributed by atoms with Gasteiger partial charge in [-0.15, -0.1) is 0 Å². The van der Waals surface area contributed by atoms with Gasteiger partial charge in [-0.1, -0.05) is 11.6 Å². The summed E-state index contributed by atoms with van der Waals surface area (Å²) < 4.78 is 5.16. The molecule has 1 saturated heterocycles. The lowest BCUT2D eigenvalue weighted by molar-refractivity contribution is -0.135. The molecule has 6 nitrogen and oxygen atoms in total. The predicted molar refractivity (Wildman–Crippen MR) is 62.8 cm³/mol. The molecule has 1 aliphatic heterocycles. The highest BCUT2D eigenvalue weighted by Gasteiger charge is 2.28. The van der Waals surface area contributed by atoms with Gasteiger partial charge in [0.25, 0.3) is 0 Å². The van der Waals surface area contributed by atoms with E-state index >= 15 is 0 Å². The highest BCUT2D eigenvalue weighted by molar-refractivity contribution is 6.29. The van der Waals surface area contributed by atoms with Gasteiger partial charge < -0.3 is 9.64 Å². The van der Waals surface area contributed by atoms with Gasteiger partial charge in [-0.05, 0) is 6.07 Å². The quantitative estimate of drug-likeness (QED) is 0.732. The normalized spacial score (nSPS) is 17.0. The number of morpholine rings is 1. The average molecular weight is 267 g/mol. The maximum atomic E-state index is 12.2. The minimum Gasteiger partial charge on any atom is -0.378 e. The summed E-state index contributed by atoms with van der Waals surface area (Å²) in [4.78, 5) is 21.4. The number of hydrogen-bond acceptors (Lipinski definition) is 5. The molecule has 1 aromatic heterocycles. The maximum absolute atomic E-state index is 12.2. The molecule has 18 heavy (non-hydrogen) atoms. The van der Waals surface area contributed by atoms with Crippen molar-refractivity contribution in [3.05, 3.63) is 23.2 Å². The van der Waals surface area contributed by atoms with E-state index in [9.17, 15) is 4.79 Å². The molecule has 1 unspecified atom stereocenters. The first-order chi connectivity index (χ1) is 8.72. The van der Waals surface area contributed by atoms with Crippen LogP contribution in [-0.2, 0) is 9.53 Å². The molecule has 2 rings (SSSR count). The van der Waals surface area contributed by atoms with Crippen LogP contribution in [0.1, 0.15) is 11.6 Å². The van der Waals surface area contributed by atoms with Crippen molar-refractivity contribution in [2.75, 3.05) is 26.3 Å². The zero-order valence-electron chi connectivity index (χ0n) is 9.54. The molecular weight excluding hydrogens is 256 g/mol. The van der Waals surface area contributed by atoms with E-state index < -0.39 is 5.92 Å². The number of ether oxygens (including phenoxy) is 1. The van der Waals surface area contributed by atoms with Gasteiger partial charge in [0.15, 0.2) is 5.92 Å². The summed E-state index contributed by atoms with van der Waals surface area (Å²) in [5, 5.41) is 9.36. The number of carbonyl (C=O) groups is 1. The van der Waals surface area contributed by atoms with Gasteiger partial charge in [0.2, 0.25) is 5.91 Å². The van der Waals surface area contributed by atoms with Crippen molar-refractivity contribution >= 4 is 17.5 Å². The molecule has 1 aromatic rings. The fourth-order valence-corrected chi connectivity index (χ4v) is 1.87. The number of rotatable bonds is 2. The Labute approximate surface area is 109 Å². The largest absolute Gasteiger partial charge is 0.378 e. The molecule has 2 heterocycles. The second kappa shape index (κ2) is 5.76. The van der Waals surface area contributed by atoms with Crippen molar-refractivity contribution in [3.63, 3.8) is 0 Å². The molecular formula is C11H11ClN4O2. The van der Waals surface area contributed by atoms with Crippen molar-refractivity contribution in [3.8, 4) is 6.07 Å². The third-order valence-electron chi connectivity index (χ3n) is 2.65. The van der Waals surface area contributed by atoms with Gasteiger partial charge in [-0.2, -0.15) is 5.26 Å². The van der Waals surface area contributed by atoms with E-state index in [1.165, 1.54) is 12.4 Å². The first-order valence-corrected chi connectivity index (χ1v) is 5.84. The minimum absolute atomic E-state index is 0.218. The van der Waals surface area contributed by atoms with Gasteiger partial charge in [-0.3, -0.25) is 4.79 Å². The van der Waals surface area contributed by atoms with Crippen LogP contribution in [0.3, 0.4) is 0 Å². The highest BCUT2D eigenvalue weighted by Crippen LogP contribution is 2.18. The maximum Gasteiger partial charge on any atom is 0.246 e. The Hall–Kier alpha value is -1.71. The topological polar surface area (TPSA) is 79.1 Å². The smallest absolute Gasteiger partial charge is 0.246 e. The third kappa shape index (κ3) is 2.75. The fraction of sp³-hybridized carbons (Fsp3) is 0.455. The summed E-state index contributed by atoms with van der Waals surface area (Å²) in [5.41, 5.74) is 0.328. The lowest BCUT2D eigenvalue weighted by Gasteiger charge is -2.28. The van der Waals surface area contributed by atoms with Gasteiger partial charge >= 0.3 is 0 Å². The molecule has 7 heteroatoms. The molecule has 0 N–H and O–H groups in total. The summed E-state index contributed by atoms with van der Waals surface area (Å²) in [6.45, 7) is 1.98. The van der Waals surface area contributed by atoms with Crippen LogP contribution in [-0.4, -0.2) is 47.1 Å². The van der Waals surface area contributed by atoms with Crippen molar-refractivity contribution in [2.45, 2.75) is 5.92 Å². The first-order valence-electron chi connectivity index (χ1n) is 5.46. The molecule has 0 spiro atoms. The molecule has 94 valence electrons. The van der Waals surface area contributed by atoms with Crippen molar-refractivity contribution in [2.24, 2.45) is 0 Å². The monoisotopic (exact) mass is 266 g/mol. The SMILES string of the molecule is N#CC(C(=O)N1CCOCC1)c1cc(Cl)ncn1.